The third-order valence-electron chi connectivity index (χ3n) is 6.21. The lowest BCUT2D eigenvalue weighted by Crippen LogP contribution is -2.35. The molecule has 2 heterocycles. The van der Waals surface area contributed by atoms with E-state index < -0.39 is 0 Å². The number of hydrogen-bond acceptors (Lipinski definition) is 4. The van der Waals surface area contributed by atoms with E-state index in [-0.39, 0.29) is 17.8 Å². The van der Waals surface area contributed by atoms with Crippen LogP contribution in [0.3, 0.4) is 0 Å². The number of nitrogens with zero attached hydrogens (tertiary/aromatic N) is 3. The molecule has 0 bridgehead atoms. The fraction of sp³-hybridized carbons (Fsp3) is 0.385. The molecule has 0 aliphatic carbocycles. The molecule has 4 rings (SSSR count). The number of carbonyl (C=O) groups is 1. The maximum absolute atomic E-state index is 14.3. The summed E-state index contributed by atoms with van der Waals surface area (Å²) in [5.41, 5.74) is 1.92. The van der Waals surface area contributed by atoms with Gasteiger partial charge in [0.25, 0.3) is 0 Å². The lowest BCUT2D eigenvalue weighted by atomic mass is 10.0. The molecular formula is C26H31FN4O2. The van der Waals surface area contributed by atoms with E-state index in [2.05, 4.69) is 27.4 Å². The lowest BCUT2D eigenvalue weighted by molar-refractivity contribution is -0.116. The Hall–Kier alpha value is -3.19. The highest BCUT2D eigenvalue weighted by Crippen LogP contribution is 2.27. The predicted octanol–water partition coefficient (Wildman–Crippen LogP) is 4.83. The van der Waals surface area contributed by atoms with Crippen molar-refractivity contribution in [1.82, 2.24) is 14.7 Å². The summed E-state index contributed by atoms with van der Waals surface area (Å²) >= 11 is 0. The van der Waals surface area contributed by atoms with Gasteiger partial charge < -0.3 is 10.1 Å². The van der Waals surface area contributed by atoms with E-state index in [4.69, 9.17) is 4.74 Å². The summed E-state index contributed by atoms with van der Waals surface area (Å²) in [4.78, 5) is 14.7. The Labute approximate surface area is 194 Å². The molecule has 6 nitrogen and oxygen atoms in total. The van der Waals surface area contributed by atoms with Crippen molar-refractivity contribution < 1.29 is 13.9 Å². The molecule has 1 aromatic heterocycles. The van der Waals surface area contributed by atoms with E-state index in [9.17, 15) is 9.18 Å². The van der Waals surface area contributed by atoms with Gasteiger partial charge in [-0.2, -0.15) is 5.10 Å². The van der Waals surface area contributed by atoms with Crippen molar-refractivity contribution >= 4 is 11.7 Å². The topological polar surface area (TPSA) is 59.4 Å². The smallest absolute Gasteiger partial charge is 0.225 e. The Bertz CT molecular complexity index is 1050. The number of benzene rings is 2. The number of aromatic nitrogens is 2. The van der Waals surface area contributed by atoms with Crippen LogP contribution in [-0.2, 0) is 17.8 Å². The van der Waals surface area contributed by atoms with E-state index >= 15 is 0 Å². The minimum absolute atomic E-state index is 0.0140. The molecule has 3 aromatic rings. The van der Waals surface area contributed by atoms with Crippen LogP contribution < -0.4 is 10.1 Å². The van der Waals surface area contributed by atoms with Gasteiger partial charge in [0.05, 0.1) is 19.3 Å². The number of anilines is 1. The number of piperidine rings is 1. The normalized spacial score (nSPS) is 14.8. The van der Waals surface area contributed by atoms with Gasteiger partial charge in [-0.25, -0.2) is 9.07 Å². The van der Waals surface area contributed by atoms with Gasteiger partial charge in [-0.3, -0.25) is 9.69 Å². The molecular weight excluding hydrogens is 419 g/mol. The Morgan fingerprint density at radius 2 is 1.94 bits per heavy atom. The van der Waals surface area contributed by atoms with Crippen LogP contribution in [-0.4, -0.2) is 40.8 Å². The van der Waals surface area contributed by atoms with Crippen LogP contribution in [0.2, 0.25) is 0 Å². The van der Waals surface area contributed by atoms with Crippen molar-refractivity contribution in [3.63, 3.8) is 0 Å². The summed E-state index contributed by atoms with van der Waals surface area (Å²) < 4.78 is 21.3. The molecule has 0 unspecified atom stereocenters. The fourth-order valence-corrected chi connectivity index (χ4v) is 4.35. The van der Waals surface area contributed by atoms with Crippen LogP contribution >= 0.6 is 0 Å². The molecule has 1 N–H and O–H groups in total. The van der Waals surface area contributed by atoms with E-state index in [1.165, 1.54) is 18.7 Å². The average Bonchev–Trinajstić information content (AvgIpc) is 3.29. The van der Waals surface area contributed by atoms with E-state index in [0.717, 1.165) is 44.6 Å². The number of methoxy groups -OCH3 is 1. The molecule has 174 valence electrons. The SMILES string of the molecule is COc1ccc(CN2CCC(n3nccc3NC(=O)CCCc3ccccc3)CC2)c(F)c1. The van der Waals surface area contributed by atoms with Crippen LogP contribution in [0.5, 0.6) is 5.75 Å². The number of rotatable bonds is 9. The Morgan fingerprint density at radius 3 is 2.67 bits per heavy atom. The molecule has 2 aromatic carbocycles. The van der Waals surface area contributed by atoms with Gasteiger partial charge in [-0.05, 0) is 37.3 Å². The van der Waals surface area contributed by atoms with Gasteiger partial charge in [-0.1, -0.05) is 36.4 Å². The molecule has 7 heteroatoms. The molecule has 0 saturated carbocycles. The second kappa shape index (κ2) is 11.1. The zero-order chi connectivity index (χ0) is 23.0. The standard InChI is InChI=1S/C26H31FN4O2/c1-33-23-11-10-21(24(27)18-23)19-30-16-13-22(14-17-30)31-25(12-15-28-31)29-26(32)9-5-8-20-6-3-2-4-7-20/h2-4,6-7,10-12,15,18,22H,5,8-9,13-14,16-17,19H2,1H3,(H,29,32). The number of halogens is 1. The van der Waals surface area contributed by atoms with Gasteiger partial charge >= 0.3 is 0 Å². The number of nitrogens with one attached hydrogen (secondary N) is 1. The largest absolute Gasteiger partial charge is 0.497 e. The molecule has 33 heavy (non-hydrogen) atoms. The molecule has 0 radical (unpaired) electrons. The minimum atomic E-state index is -0.235. The molecule has 0 atom stereocenters. The van der Waals surface area contributed by atoms with Gasteiger partial charge in [0.15, 0.2) is 0 Å². The van der Waals surface area contributed by atoms with Crippen molar-refractivity contribution in [2.75, 3.05) is 25.5 Å². The van der Waals surface area contributed by atoms with Crippen molar-refractivity contribution in [1.29, 1.82) is 0 Å². The highest BCUT2D eigenvalue weighted by Gasteiger charge is 2.24. The van der Waals surface area contributed by atoms with Crippen LogP contribution in [0.4, 0.5) is 10.2 Å². The van der Waals surface area contributed by atoms with E-state index in [0.29, 0.717) is 24.3 Å². The minimum Gasteiger partial charge on any atom is -0.497 e. The summed E-state index contributed by atoms with van der Waals surface area (Å²) in [7, 11) is 1.54. The Morgan fingerprint density at radius 1 is 1.15 bits per heavy atom. The van der Waals surface area contributed by atoms with Gasteiger partial charge in [-0.15, -0.1) is 0 Å². The highest BCUT2D eigenvalue weighted by atomic mass is 19.1. The fourth-order valence-electron chi connectivity index (χ4n) is 4.35. The second-order valence-corrected chi connectivity index (χ2v) is 8.51. The summed E-state index contributed by atoms with van der Waals surface area (Å²) in [5.74, 6) is 1.06. The van der Waals surface area contributed by atoms with E-state index in [1.54, 1.807) is 18.3 Å². The molecule has 1 aliphatic rings. The first-order valence-electron chi connectivity index (χ1n) is 11.5. The monoisotopic (exact) mass is 450 g/mol. The number of likely N-dealkylation sites (tertiary alicyclic amines) is 1. The first-order chi connectivity index (χ1) is 16.1. The van der Waals surface area contributed by atoms with Gasteiger partial charge in [0.2, 0.25) is 5.91 Å². The summed E-state index contributed by atoms with van der Waals surface area (Å²) in [6, 6.07) is 17.3. The highest BCUT2D eigenvalue weighted by molar-refractivity contribution is 5.89. The van der Waals surface area contributed by atoms with Crippen molar-refractivity contribution in [3.05, 3.63) is 77.7 Å². The predicted molar refractivity (Wildman–Crippen MR) is 127 cm³/mol. The number of hydrogen-bond donors (Lipinski definition) is 1. The molecule has 1 aliphatic heterocycles. The first kappa shape index (κ1) is 23.0. The maximum atomic E-state index is 14.3. The number of amides is 1. The van der Waals surface area contributed by atoms with Crippen LogP contribution in [0, 0.1) is 5.82 Å². The molecule has 1 amide bonds. The number of ether oxygens (including phenoxy) is 1. The van der Waals surface area contributed by atoms with Gasteiger partial charge in [0.1, 0.15) is 17.4 Å². The third-order valence-corrected chi connectivity index (χ3v) is 6.21. The van der Waals surface area contributed by atoms with E-state index in [1.807, 2.05) is 28.9 Å². The Balaban J connectivity index is 1.25. The number of aryl methyl sites for hydroxylation is 1. The lowest BCUT2D eigenvalue weighted by Gasteiger charge is -2.32. The molecule has 1 saturated heterocycles. The van der Waals surface area contributed by atoms with Crippen LogP contribution in [0.25, 0.3) is 0 Å². The maximum Gasteiger partial charge on any atom is 0.225 e. The molecule has 1 fully saturated rings. The first-order valence-corrected chi connectivity index (χ1v) is 11.5. The summed E-state index contributed by atoms with van der Waals surface area (Å²) in [6.45, 7) is 2.27. The third kappa shape index (κ3) is 6.20. The molecule has 0 spiro atoms. The summed E-state index contributed by atoms with van der Waals surface area (Å²) in [5, 5.41) is 7.50. The Kier molecular flexibility index (Phi) is 7.73. The number of carbonyl (C=O) groups excluding carboxylic acids is 1. The zero-order valence-corrected chi connectivity index (χ0v) is 19.0. The van der Waals surface area contributed by atoms with Crippen molar-refractivity contribution in [2.24, 2.45) is 0 Å². The summed E-state index contributed by atoms with van der Waals surface area (Å²) in [6.07, 6.45) is 5.71. The van der Waals surface area contributed by atoms with Crippen molar-refractivity contribution in [3.8, 4) is 5.75 Å². The second-order valence-electron chi connectivity index (χ2n) is 8.51. The van der Waals surface area contributed by atoms with Crippen LogP contribution in [0.15, 0.2) is 60.8 Å². The average molecular weight is 451 g/mol. The van der Waals surface area contributed by atoms with Crippen LogP contribution in [0.1, 0.15) is 42.9 Å². The van der Waals surface area contributed by atoms with Gasteiger partial charge in [0, 0.05) is 43.8 Å². The quantitative estimate of drug-likeness (QED) is 0.507. The zero-order valence-electron chi connectivity index (χ0n) is 19.0. The van der Waals surface area contributed by atoms with Crippen molar-refractivity contribution in [2.45, 2.75) is 44.7 Å².